The van der Waals surface area contributed by atoms with Gasteiger partial charge in [0.25, 0.3) is 0 Å². The van der Waals surface area contributed by atoms with Gasteiger partial charge in [-0.05, 0) is 22.0 Å². The van der Waals surface area contributed by atoms with Gasteiger partial charge in [-0.15, -0.1) is 0 Å². The van der Waals surface area contributed by atoms with E-state index in [9.17, 15) is 4.79 Å². The smallest absolute Gasteiger partial charge is 0.228 e. The summed E-state index contributed by atoms with van der Waals surface area (Å²) < 4.78 is 0.903. The lowest BCUT2D eigenvalue weighted by molar-refractivity contribution is -0.122. The van der Waals surface area contributed by atoms with Crippen LogP contribution in [0.4, 0.5) is 5.69 Å². The lowest BCUT2D eigenvalue weighted by atomic mass is 10.2. The predicted octanol–water partition coefficient (Wildman–Crippen LogP) is 1.58. The minimum absolute atomic E-state index is 0.176. The van der Waals surface area contributed by atoms with Gasteiger partial charge in [0.1, 0.15) is 0 Å². The van der Waals surface area contributed by atoms with E-state index in [4.69, 9.17) is 0 Å². The Labute approximate surface area is 78.5 Å². The SMILES string of the molecule is O=C1CCN1c1cncc(Br)c1. The number of β-lactam (4-membered cyclic amide) rings is 1. The van der Waals surface area contributed by atoms with Gasteiger partial charge in [0, 0.05) is 23.6 Å². The Kier molecular flexibility index (Phi) is 1.84. The molecule has 0 N–H and O–H groups in total. The van der Waals surface area contributed by atoms with Crippen LogP contribution in [0.3, 0.4) is 0 Å². The number of nitrogens with zero attached hydrogens (tertiary/aromatic N) is 2. The third kappa shape index (κ3) is 1.22. The maximum absolute atomic E-state index is 11.0. The summed E-state index contributed by atoms with van der Waals surface area (Å²) >= 11 is 3.30. The zero-order valence-corrected chi connectivity index (χ0v) is 7.91. The minimum Gasteiger partial charge on any atom is -0.310 e. The van der Waals surface area contributed by atoms with E-state index >= 15 is 0 Å². The number of aromatic nitrogens is 1. The first-order valence-electron chi connectivity index (χ1n) is 3.68. The Hall–Kier alpha value is -0.900. The van der Waals surface area contributed by atoms with E-state index in [1.54, 1.807) is 17.3 Å². The second-order valence-electron chi connectivity index (χ2n) is 2.66. The van der Waals surface area contributed by atoms with Crippen LogP contribution in [0.25, 0.3) is 0 Å². The Balaban J connectivity index is 2.28. The number of hydrogen-bond donors (Lipinski definition) is 0. The normalized spacial score (nSPS) is 16.1. The first-order chi connectivity index (χ1) is 5.77. The molecule has 0 spiro atoms. The van der Waals surface area contributed by atoms with Crippen molar-refractivity contribution < 1.29 is 4.79 Å². The van der Waals surface area contributed by atoms with Gasteiger partial charge in [0.15, 0.2) is 0 Å². The highest BCUT2D eigenvalue weighted by Crippen LogP contribution is 2.23. The molecule has 2 rings (SSSR count). The molecule has 1 aliphatic rings. The molecule has 0 radical (unpaired) electrons. The summed E-state index contributed by atoms with van der Waals surface area (Å²) in [4.78, 5) is 16.7. The molecule has 1 amide bonds. The van der Waals surface area contributed by atoms with E-state index in [-0.39, 0.29) is 5.91 Å². The van der Waals surface area contributed by atoms with Crippen LogP contribution < -0.4 is 4.90 Å². The van der Waals surface area contributed by atoms with E-state index in [1.165, 1.54) is 0 Å². The van der Waals surface area contributed by atoms with E-state index in [1.807, 2.05) is 6.07 Å². The highest BCUT2D eigenvalue weighted by Gasteiger charge is 2.25. The van der Waals surface area contributed by atoms with Gasteiger partial charge >= 0.3 is 0 Å². The summed E-state index contributed by atoms with van der Waals surface area (Å²) in [6.45, 7) is 0.816. The van der Waals surface area contributed by atoms with Crippen molar-refractivity contribution in [2.24, 2.45) is 0 Å². The van der Waals surface area contributed by atoms with Crippen molar-refractivity contribution in [2.75, 3.05) is 11.4 Å². The van der Waals surface area contributed by atoms with Crippen LogP contribution in [0.15, 0.2) is 22.9 Å². The number of halogens is 1. The van der Waals surface area contributed by atoms with Crippen molar-refractivity contribution in [1.29, 1.82) is 0 Å². The van der Waals surface area contributed by atoms with Gasteiger partial charge in [-0.3, -0.25) is 9.78 Å². The fourth-order valence-electron chi connectivity index (χ4n) is 1.14. The van der Waals surface area contributed by atoms with Crippen LogP contribution in [0.5, 0.6) is 0 Å². The molecule has 0 bridgehead atoms. The van der Waals surface area contributed by atoms with E-state index in [2.05, 4.69) is 20.9 Å². The van der Waals surface area contributed by atoms with Gasteiger partial charge < -0.3 is 4.90 Å². The largest absolute Gasteiger partial charge is 0.310 e. The number of rotatable bonds is 1. The Morgan fingerprint density at radius 3 is 2.83 bits per heavy atom. The number of pyridine rings is 1. The topological polar surface area (TPSA) is 33.2 Å². The molecule has 0 aliphatic carbocycles. The number of amides is 1. The van der Waals surface area contributed by atoms with Crippen LogP contribution in [0.1, 0.15) is 6.42 Å². The summed E-state index contributed by atoms with van der Waals surface area (Å²) in [6, 6.07) is 1.89. The van der Waals surface area contributed by atoms with Gasteiger partial charge in [0.2, 0.25) is 5.91 Å². The molecular weight excluding hydrogens is 220 g/mol. The number of anilines is 1. The zero-order chi connectivity index (χ0) is 8.55. The van der Waals surface area contributed by atoms with Crippen molar-refractivity contribution in [3.05, 3.63) is 22.9 Å². The van der Waals surface area contributed by atoms with Crippen LogP contribution in [0, 0.1) is 0 Å². The highest BCUT2D eigenvalue weighted by atomic mass is 79.9. The van der Waals surface area contributed by atoms with E-state index in [0.29, 0.717) is 6.42 Å². The van der Waals surface area contributed by atoms with Crippen molar-refractivity contribution in [3.63, 3.8) is 0 Å². The number of carbonyl (C=O) groups is 1. The maximum Gasteiger partial charge on any atom is 0.228 e. The van der Waals surface area contributed by atoms with Crippen molar-refractivity contribution in [1.82, 2.24) is 4.98 Å². The van der Waals surface area contributed by atoms with Crippen molar-refractivity contribution in [2.45, 2.75) is 6.42 Å². The second-order valence-corrected chi connectivity index (χ2v) is 3.57. The van der Waals surface area contributed by atoms with Gasteiger partial charge in [-0.2, -0.15) is 0 Å². The molecule has 4 heteroatoms. The summed E-state index contributed by atoms with van der Waals surface area (Å²) in [5.41, 5.74) is 0.876. The molecule has 0 aromatic carbocycles. The average molecular weight is 227 g/mol. The molecule has 1 aliphatic heterocycles. The van der Waals surface area contributed by atoms with Crippen molar-refractivity contribution in [3.8, 4) is 0 Å². The lowest BCUT2D eigenvalue weighted by Crippen LogP contribution is -2.43. The molecular formula is C8H7BrN2O. The van der Waals surface area contributed by atoms with E-state index in [0.717, 1.165) is 16.7 Å². The molecule has 0 unspecified atom stereocenters. The average Bonchev–Trinajstić information content (AvgIpc) is 2.02. The molecule has 2 heterocycles. The molecule has 1 aromatic heterocycles. The first-order valence-corrected chi connectivity index (χ1v) is 4.47. The quantitative estimate of drug-likeness (QED) is 0.682. The van der Waals surface area contributed by atoms with Gasteiger partial charge in [-0.1, -0.05) is 0 Å². The molecule has 0 atom stereocenters. The van der Waals surface area contributed by atoms with Crippen molar-refractivity contribution >= 4 is 27.5 Å². The molecule has 1 aromatic rings. The van der Waals surface area contributed by atoms with Gasteiger partial charge in [0.05, 0.1) is 11.9 Å². The van der Waals surface area contributed by atoms with Gasteiger partial charge in [-0.25, -0.2) is 0 Å². The number of carbonyl (C=O) groups excluding carboxylic acids is 1. The first kappa shape index (κ1) is 7.73. The predicted molar refractivity (Wildman–Crippen MR) is 48.9 cm³/mol. The van der Waals surface area contributed by atoms with E-state index < -0.39 is 0 Å². The molecule has 3 nitrogen and oxygen atoms in total. The standard InChI is InChI=1S/C8H7BrN2O/c9-6-3-7(5-10-4-6)11-2-1-8(11)12/h3-5H,1-2H2. The third-order valence-corrected chi connectivity index (χ3v) is 2.29. The zero-order valence-electron chi connectivity index (χ0n) is 6.33. The Bertz CT molecular complexity index is 327. The van der Waals surface area contributed by atoms with Crippen LogP contribution in [0.2, 0.25) is 0 Å². The highest BCUT2D eigenvalue weighted by molar-refractivity contribution is 9.10. The molecule has 1 fully saturated rings. The molecule has 1 saturated heterocycles. The molecule has 12 heavy (non-hydrogen) atoms. The minimum atomic E-state index is 0.176. The monoisotopic (exact) mass is 226 g/mol. The summed E-state index contributed by atoms with van der Waals surface area (Å²) in [7, 11) is 0. The fourth-order valence-corrected chi connectivity index (χ4v) is 1.49. The second kappa shape index (κ2) is 2.86. The summed E-state index contributed by atoms with van der Waals surface area (Å²) in [6.07, 6.45) is 4.06. The Morgan fingerprint density at radius 2 is 2.33 bits per heavy atom. The molecule has 0 saturated carbocycles. The van der Waals surface area contributed by atoms with Crippen LogP contribution in [-0.4, -0.2) is 17.4 Å². The fraction of sp³-hybridized carbons (Fsp3) is 0.250. The Morgan fingerprint density at radius 1 is 1.50 bits per heavy atom. The lowest BCUT2D eigenvalue weighted by Gasteiger charge is -2.30. The summed E-state index contributed by atoms with van der Waals surface area (Å²) in [5.74, 6) is 0.176. The number of hydrogen-bond acceptors (Lipinski definition) is 2. The molecule has 62 valence electrons. The third-order valence-electron chi connectivity index (χ3n) is 1.85. The van der Waals surface area contributed by atoms with Crippen LogP contribution in [-0.2, 0) is 4.79 Å². The summed E-state index contributed by atoms with van der Waals surface area (Å²) in [5, 5.41) is 0. The van der Waals surface area contributed by atoms with Crippen LogP contribution >= 0.6 is 15.9 Å². The maximum atomic E-state index is 11.0.